The van der Waals surface area contributed by atoms with Gasteiger partial charge in [-0.3, -0.25) is 15.0 Å². The maximum absolute atomic E-state index is 12.1. The number of imide groups is 1. The number of benzene rings is 2. The first-order chi connectivity index (χ1) is 15.6. The molecule has 1 saturated carbocycles. The van der Waals surface area contributed by atoms with E-state index < -0.39 is 6.03 Å². The van der Waals surface area contributed by atoms with Crippen LogP contribution in [-0.4, -0.2) is 43.8 Å². The molecular formula is C24H29N3O5. The van der Waals surface area contributed by atoms with Crippen molar-refractivity contribution < 1.29 is 23.8 Å². The molecule has 1 fully saturated rings. The van der Waals surface area contributed by atoms with E-state index in [9.17, 15) is 9.59 Å². The summed E-state index contributed by atoms with van der Waals surface area (Å²) in [5.74, 6) is 2.39. The zero-order valence-corrected chi connectivity index (χ0v) is 18.2. The van der Waals surface area contributed by atoms with E-state index in [1.807, 2.05) is 42.5 Å². The number of nitrogens with zero attached hydrogens (tertiary/aromatic N) is 1. The van der Waals surface area contributed by atoms with Gasteiger partial charge in [-0.2, -0.15) is 0 Å². The van der Waals surface area contributed by atoms with Crippen LogP contribution in [0.2, 0.25) is 0 Å². The summed E-state index contributed by atoms with van der Waals surface area (Å²) < 4.78 is 17.2. The summed E-state index contributed by atoms with van der Waals surface area (Å²) in [7, 11) is 1.63. The largest absolute Gasteiger partial charge is 0.497 e. The second kappa shape index (κ2) is 10.4. The zero-order chi connectivity index (χ0) is 22.3. The van der Waals surface area contributed by atoms with Crippen LogP contribution in [0.3, 0.4) is 0 Å². The second-order valence-electron chi connectivity index (χ2n) is 8.14. The minimum atomic E-state index is -0.542. The highest BCUT2D eigenvalue weighted by Gasteiger charge is 2.24. The molecule has 0 radical (unpaired) electrons. The maximum atomic E-state index is 12.1. The van der Waals surface area contributed by atoms with Gasteiger partial charge < -0.3 is 19.5 Å². The van der Waals surface area contributed by atoms with Gasteiger partial charge in [0.1, 0.15) is 24.0 Å². The van der Waals surface area contributed by atoms with Crippen molar-refractivity contribution >= 4 is 12.4 Å². The van der Waals surface area contributed by atoms with Crippen molar-refractivity contribution in [3.63, 3.8) is 0 Å². The summed E-state index contributed by atoms with van der Waals surface area (Å²) in [5.41, 5.74) is 1.97. The molecule has 0 saturated heterocycles. The fourth-order valence-electron chi connectivity index (χ4n) is 4.21. The molecule has 2 aromatic rings. The molecule has 170 valence electrons. The van der Waals surface area contributed by atoms with Crippen LogP contribution in [0, 0.1) is 0 Å². The molecule has 2 aliphatic rings. The molecule has 1 atom stereocenters. The third-order valence-corrected chi connectivity index (χ3v) is 5.89. The van der Waals surface area contributed by atoms with Crippen molar-refractivity contribution in [1.29, 1.82) is 0 Å². The van der Waals surface area contributed by atoms with Gasteiger partial charge in [-0.15, -0.1) is 0 Å². The number of rotatable bonds is 8. The van der Waals surface area contributed by atoms with Crippen molar-refractivity contribution in [1.82, 2.24) is 15.5 Å². The van der Waals surface area contributed by atoms with Crippen molar-refractivity contribution in [2.45, 2.75) is 44.4 Å². The minimum absolute atomic E-state index is 0.289. The lowest BCUT2D eigenvalue weighted by Gasteiger charge is -2.32. The van der Waals surface area contributed by atoms with Gasteiger partial charge in [-0.25, -0.2) is 4.79 Å². The van der Waals surface area contributed by atoms with Crippen LogP contribution < -0.4 is 24.8 Å². The molecule has 32 heavy (non-hydrogen) atoms. The number of ether oxygens (including phenoxy) is 3. The molecule has 2 aromatic carbocycles. The maximum Gasteiger partial charge on any atom is 0.321 e. The molecule has 3 amide bonds. The van der Waals surface area contributed by atoms with Crippen LogP contribution in [0.15, 0.2) is 42.5 Å². The number of nitrogens with one attached hydrogen (secondary N) is 2. The molecule has 0 aromatic heterocycles. The molecule has 8 nitrogen and oxygen atoms in total. The van der Waals surface area contributed by atoms with Crippen molar-refractivity contribution in [3.8, 4) is 17.2 Å². The molecule has 1 aliphatic heterocycles. The Kier molecular flexibility index (Phi) is 7.11. The van der Waals surface area contributed by atoms with E-state index in [0.717, 1.165) is 41.2 Å². The van der Waals surface area contributed by atoms with Crippen LogP contribution in [0.5, 0.6) is 17.2 Å². The number of amides is 3. The molecule has 1 aliphatic carbocycles. The second-order valence-corrected chi connectivity index (χ2v) is 8.14. The Morgan fingerprint density at radius 3 is 2.66 bits per heavy atom. The van der Waals surface area contributed by atoms with Crippen LogP contribution in [0.25, 0.3) is 0 Å². The quantitative estimate of drug-likeness (QED) is 0.613. The van der Waals surface area contributed by atoms with Gasteiger partial charge in [0, 0.05) is 24.7 Å². The molecule has 0 bridgehead atoms. The highest BCUT2D eigenvalue weighted by Crippen LogP contribution is 2.30. The Bertz CT molecular complexity index is 928. The predicted molar refractivity (Wildman–Crippen MR) is 119 cm³/mol. The van der Waals surface area contributed by atoms with Crippen molar-refractivity contribution in [3.05, 3.63) is 53.6 Å². The van der Waals surface area contributed by atoms with Gasteiger partial charge in [-0.1, -0.05) is 18.2 Å². The van der Waals surface area contributed by atoms with E-state index in [1.165, 1.54) is 12.8 Å². The normalized spacial score (nSPS) is 17.0. The van der Waals surface area contributed by atoms with Crippen LogP contribution >= 0.6 is 0 Å². The smallest absolute Gasteiger partial charge is 0.321 e. The number of hydrogen-bond donors (Lipinski definition) is 2. The summed E-state index contributed by atoms with van der Waals surface area (Å²) in [4.78, 5) is 24.9. The Morgan fingerprint density at radius 1 is 1.19 bits per heavy atom. The molecule has 0 spiro atoms. The Morgan fingerprint density at radius 2 is 1.94 bits per heavy atom. The first kappa shape index (κ1) is 22.0. The van der Waals surface area contributed by atoms with Gasteiger partial charge in [0.25, 0.3) is 0 Å². The topological polar surface area (TPSA) is 89.1 Å². The molecule has 8 heteroatoms. The van der Waals surface area contributed by atoms with E-state index in [2.05, 4.69) is 15.5 Å². The van der Waals surface area contributed by atoms with Crippen molar-refractivity contribution in [2.24, 2.45) is 0 Å². The number of carbonyl (C=O) groups is 2. The lowest BCUT2D eigenvalue weighted by Crippen LogP contribution is -2.44. The fourth-order valence-corrected chi connectivity index (χ4v) is 4.21. The van der Waals surface area contributed by atoms with Crippen LogP contribution in [-0.2, 0) is 11.3 Å². The standard InChI is InChI=1S/C24H29N3O5/c1-30-21-11-8-18-13-27(16-31-23(18)12-21)14-22(26-24(29)25-15-28)17-6-9-20(10-7-17)32-19-4-2-3-5-19/h6-12,15,19,22H,2-5,13-14,16H2,1H3,(H2,25,26,28,29)/t22-/m0/s1. The summed E-state index contributed by atoms with van der Waals surface area (Å²) in [6.07, 6.45) is 5.29. The third-order valence-electron chi connectivity index (χ3n) is 5.89. The number of fused-ring (bicyclic) bond motifs is 1. The minimum Gasteiger partial charge on any atom is -0.497 e. The average Bonchev–Trinajstić information content (AvgIpc) is 3.32. The number of carbonyl (C=O) groups excluding carboxylic acids is 2. The van der Waals surface area contributed by atoms with E-state index in [-0.39, 0.29) is 12.1 Å². The van der Waals surface area contributed by atoms with Gasteiger partial charge in [0.05, 0.1) is 19.3 Å². The number of methoxy groups -OCH3 is 1. The SMILES string of the molecule is COc1ccc2c(c1)OCN(C[C@H](NC(=O)NC=O)c1ccc(OC3CCCC3)cc1)C2. The van der Waals surface area contributed by atoms with E-state index in [1.54, 1.807) is 7.11 Å². The summed E-state index contributed by atoms with van der Waals surface area (Å²) in [6, 6.07) is 12.7. The lowest BCUT2D eigenvalue weighted by molar-refractivity contribution is -0.108. The summed E-state index contributed by atoms with van der Waals surface area (Å²) in [6.45, 7) is 1.58. The first-order valence-corrected chi connectivity index (χ1v) is 10.9. The Balaban J connectivity index is 1.45. The summed E-state index contributed by atoms with van der Waals surface area (Å²) in [5, 5.41) is 5.03. The van der Waals surface area contributed by atoms with Gasteiger partial charge in [0.2, 0.25) is 6.41 Å². The third kappa shape index (κ3) is 5.50. The van der Waals surface area contributed by atoms with Gasteiger partial charge in [-0.05, 0) is 49.4 Å². The zero-order valence-electron chi connectivity index (χ0n) is 18.2. The van der Waals surface area contributed by atoms with Crippen LogP contribution in [0.1, 0.15) is 42.9 Å². The first-order valence-electron chi connectivity index (χ1n) is 10.9. The molecule has 4 rings (SSSR count). The molecule has 2 N–H and O–H groups in total. The Hall–Kier alpha value is -3.26. The monoisotopic (exact) mass is 439 g/mol. The van der Waals surface area contributed by atoms with Crippen LogP contribution in [0.4, 0.5) is 4.79 Å². The number of urea groups is 1. The Labute approximate surface area is 187 Å². The average molecular weight is 440 g/mol. The fraction of sp³-hybridized carbons (Fsp3) is 0.417. The highest BCUT2D eigenvalue weighted by atomic mass is 16.5. The number of hydrogen-bond acceptors (Lipinski definition) is 6. The van der Waals surface area contributed by atoms with Gasteiger partial charge >= 0.3 is 6.03 Å². The van der Waals surface area contributed by atoms with Gasteiger partial charge in [0.15, 0.2) is 0 Å². The van der Waals surface area contributed by atoms with E-state index in [4.69, 9.17) is 14.2 Å². The van der Waals surface area contributed by atoms with Crippen molar-refractivity contribution in [2.75, 3.05) is 20.4 Å². The molecular weight excluding hydrogens is 410 g/mol. The summed E-state index contributed by atoms with van der Waals surface area (Å²) >= 11 is 0. The molecule has 0 unspecified atom stereocenters. The van der Waals surface area contributed by atoms with E-state index >= 15 is 0 Å². The molecule has 1 heterocycles. The predicted octanol–water partition coefficient (Wildman–Crippen LogP) is 3.37. The lowest BCUT2D eigenvalue weighted by atomic mass is 10.1. The highest BCUT2D eigenvalue weighted by molar-refractivity contribution is 5.84. The van der Waals surface area contributed by atoms with E-state index in [0.29, 0.717) is 26.2 Å².